The number of halogens is 13. The molecular weight excluding hydrogens is 503 g/mol. The number of carboxylic acid groups (broad SMARTS) is 1. The van der Waals surface area contributed by atoms with Crippen LogP contribution in [0.3, 0.4) is 0 Å². The first-order valence-electron chi connectivity index (χ1n) is 8.57. The van der Waals surface area contributed by atoms with Gasteiger partial charge in [-0.15, -0.1) is 0 Å². The summed E-state index contributed by atoms with van der Waals surface area (Å²) in [7, 11) is 0. The summed E-state index contributed by atoms with van der Waals surface area (Å²) in [5.74, 6) is -41.2. The third-order valence-corrected chi connectivity index (χ3v) is 4.01. The third-order valence-electron chi connectivity index (χ3n) is 4.01. The molecule has 0 rings (SSSR count). The molecule has 0 saturated heterocycles. The maximum absolute atomic E-state index is 14.0. The smallest absolute Gasteiger partial charge is 0.460 e. The number of rotatable bonds is 12. The Morgan fingerprint density at radius 3 is 1.64 bits per heavy atom. The van der Waals surface area contributed by atoms with Crippen LogP contribution in [0.2, 0.25) is 0 Å². The van der Waals surface area contributed by atoms with Crippen molar-refractivity contribution in [2.45, 2.75) is 74.5 Å². The lowest BCUT2D eigenvalue weighted by atomic mass is 9.90. The maximum atomic E-state index is 14.0. The minimum Gasteiger partial charge on any atom is -0.478 e. The second-order valence-corrected chi connectivity index (χ2v) is 6.58. The highest BCUT2D eigenvalue weighted by atomic mass is 19.4. The van der Waals surface area contributed by atoms with Crippen molar-refractivity contribution in [1.29, 1.82) is 0 Å². The topological polar surface area (TPSA) is 63.6 Å². The maximum Gasteiger partial charge on any atom is 0.460 e. The third kappa shape index (κ3) is 6.22. The number of carbonyl (C=O) groups is 2. The molecular formula is C16H15F13O4. The van der Waals surface area contributed by atoms with Gasteiger partial charge in [0.05, 0.1) is 6.42 Å². The number of ether oxygens (including phenoxy) is 1. The standard InChI is InChI=1S/C16H15F13O4/c1-2-3-4-8(33-10(32)6-5-9(30)31)7-11(17,18)12(19,20)13(21,22)14(23,24)15(25,26)16(27,28)29/h5-6,8H,2-4,7H2,1H3,(H,30,31)/b6-5+. The van der Waals surface area contributed by atoms with Gasteiger partial charge in [-0.3, -0.25) is 0 Å². The lowest BCUT2D eigenvalue weighted by molar-refractivity contribution is -0.440. The van der Waals surface area contributed by atoms with Gasteiger partial charge in [0.2, 0.25) is 0 Å². The van der Waals surface area contributed by atoms with Gasteiger partial charge < -0.3 is 9.84 Å². The quantitative estimate of drug-likeness (QED) is 0.200. The van der Waals surface area contributed by atoms with Gasteiger partial charge in [0.1, 0.15) is 6.10 Å². The van der Waals surface area contributed by atoms with Gasteiger partial charge in [0, 0.05) is 12.2 Å². The highest BCUT2D eigenvalue weighted by Crippen LogP contribution is 2.60. The normalized spacial score (nSPS) is 15.6. The first-order chi connectivity index (χ1) is 14.5. The van der Waals surface area contributed by atoms with Crippen molar-refractivity contribution < 1.29 is 76.5 Å². The van der Waals surface area contributed by atoms with Crippen LogP contribution in [0.5, 0.6) is 0 Å². The van der Waals surface area contributed by atoms with Crippen LogP contribution in [0.15, 0.2) is 12.2 Å². The number of hydrogen-bond donors (Lipinski definition) is 1. The Kier molecular flexibility index (Phi) is 9.28. The number of carboxylic acids is 1. The molecule has 0 spiro atoms. The molecule has 0 radical (unpaired) electrons. The largest absolute Gasteiger partial charge is 0.478 e. The summed E-state index contributed by atoms with van der Waals surface area (Å²) in [6.07, 6.45) is -13.4. The number of esters is 1. The van der Waals surface area contributed by atoms with Crippen molar-refractivity contribution in [2.24, 2.45) is 0 Å². The number of alkyl halides is 13. The van der Waals surface area contributed by atoms with Crippen molar-refractivity contribution >= 4 is 11.9 Å². The van der Waals surface area contributed by atoms with Crippen LogP contribution in [0, 0.1) is 0 Å². The van der Waals surface area contributed by atoms with E-state index in [2.05, 4.69) is 4.74 Å². The lowest BCUT2D eigenvalue weighted by Crippen LogP contribution is -2.70. The molecule has 0 aliphatic rings. The van der Waals surface area contributed by atoms with E-state index < -0.39 is 66.7 Å². The van der Waals surface area contributed by atoms with E-state index in [-0.39, 0.29) is 25.0 Å². The molecule has 0 heterocycles. The van der Waals surface area contributed by atoms with Crippen LogP contribution in [-0.2, 0) is 14.3 Å². The van der Waals surface area contributed by atoms with E-state index in [1.807, 2.05) is 0 Å². The average molecular weight is 518 g/mol. The van der Waals surface area contributed by atoms with Gasteiger partial charge in [-0.25, -0.2) is 9.59 Å². The lowest BCUT2D eigenvalue weighted by Gasteiger charge is -2.40. The van der Waals surface area contributed by atoms with Gasteiger partial charge in [-0.05, 0) is 6.42 Å². The van der Waals surface area contributed by atoms with E-state index in [9.17, 15) is 66.7 Å². The molecule has 0 aliphatic heterocycles. The van der Waals surface area contributed by atoms with Gasteiger partial charge >= 0.3 is 47.7 Å². The zero-order valence-electron chi connectivity index (χ0n) is 16.1. The van der Waals surface area contributed by atoms with E-state index in [1.165, 1.54) is 6.92 Å². The predicted octanol–water partition coefficient (Wildman–Crippen LogP) is 5.86. The Bertz CT molecular complexity index is 728. The molecule has 0 bridgehead atoms. The Morgan fingerprint density at radius 1 is 0.788 bits per heavy atom. The monoisotopic (exact) mass is 518 g/mol. The van der Waals surface area contributed by atoms with Crippen LogP contribution in [0.4, 0.5) is 57.1 Å². The van der Waals surface area contributed by atoms with Gasteiger partial charge in [-0.1, -0.05) is 19.8 Å². The van der Waals surface area contributed by atoms with Crippen LogP contribution < -0.4 is 0 Å². The van der Waals surface area contributed by atoms with E-state index in [1.54, 1.807) is 0 Å². The molecule has 1 N–H and O–H groups in total. The highest BCUT2D eigenvalue weighted by Gasteiger charge is 2.90. The summed E-state index contributed by atoms with van der Waals surface area (Å²) in [5.41, 5.74) is 0. The fourth-order valence-electron chi connectivity index (χ4n) is 2.19. The average Bonchev–Trinajstić information content (AvgIpc) is 2.62. The molecule has 1 atom stereocenters. The minimum atomic E-state index is -8.02. The van der Waals surface area contributed by atoms with E-state index in [0.717, 1.165) is 0 Å². The minimum absolute atomic E-state index is 0.0875. The van der Waals surface area contributed by atoms with Crippen molar-refractivity contribution in [3.8, 4) is 0 Å². The predicted molar refractivity (Wildman–Crippen MR) is 81.6 cm³/mol. The highest BCUT2D eigenvalue weighted by molar-refractivity contribution is 5.90. The fourth-order valence-corrected chi connectivity index (χ4v) is 2.19. The second-order valence-electron chi connectivity index (χ2n) is 6.58. The summed E-state index contributed by atoms with van der Waals surface area (Å²) >= 11 is 0. The van der Waals surface area contributed by atoms with Crippen molar-refractivity contribution in [2.75, 3.05) is 0 Å². The van der Waals surface area contributed by atoms with Gasteiger partial charge in [-0.2, -0.15) is 57.1 Å². The van der Waals surface area contributed by atoms with Crippen LogP contribution in [0.25, 0.3) is 0 Å². The van der Waals surface area contributed by atoms with Gasteiger partial charge in [0.15, 0.2) is 0 Å². The van der Waals surface area contributed by atoms with Crippen LogP contribution in [-0.4, -0.2) is 58.9 Å². The molecule has 17 heteroatoms. The molecule has 1 unspecified atom stereocenters. The zero-order chi connectivity index (χ0) is 26.7. The van der Waals surface area contributed by atoms with E-state index >= 15 is 0 Å². The van der Waals surface area contributed by atoms with Crippen molar-refractivity contribution in [3.63, 3.8) is 0 Å². The molecule has 0 aromatic carbocycles. The molecule has 0 saturated carbocycles. The Hall–Kier alpha value is -2.23. The Balaban J connectivity index is 6.12. The molecule has 4 nitrogen and oxygen atoms in total. The van der Waals surface area contributed by atoms with E-state index in [0.29, 0.717) is 0 Å². The molecule has 0 aromatic rings. The number of carbonyl (C=O) groups excluding carboxylic acids is 1. The molecule has 0 amide bonds. The zero-order valence-corrected chi connectivity index (χ0v) is 16.1. The molecule has 33 heavy (non-hydrogen) atoms. The SMILES string of the molecule is CCCCC(CC(F)(F)C(F)(F)C(F)(F)C(F)(F)C(F)(F)C(F)(F)F)OC(=O)/C=C/C(=O)O. The fraction of sp³-hybridized carbons (Fsp3) is 0.750. The first kappa shape index (κ1) is 30.8. The molecule has 0 aliphatic carbocycles. The molecule has 0 aromatic heterocycles. The Morgan fingerprint density at radius 2 is 1.24 bits per heavy atom. The molecule has 194 valence electrons. The van der Waals surface area contributed by atoms with Crippen molar-refractivity contribution in [1.82, 2.24) is 0 Å². The van der Waals surface area contributed by atoms with Crippen LogP contribution >= 0.6 is 0 Å². The Labute approximate surface area is 176 Å². The van der Waals surface area contributed by atoms with E-state index in [4.69, 9.17) is 5.11 Å². The van der Waals surface area contributed by atoms with Crippen molar-refractivity contribution in [3.05, 3.63) is 12.2 Å². The summed E-state index contributed by atoms with van der Waals surface area (Å²) in [5, 5.41) is 8.31. The van der Waals surface area contributed by atoms with Crippen LogP contribution in [0.1, 0.15) is 32.6 Å². The molecule has 0 fully saturated rings. The first-order valence-corrected chi connectivity index (χ1v) is 8.57. The number of hydrogen-bond acceptors (Lipinski definition) is 3. The number of aliphatic carboxylic acids is 1. The second kappa shape index (κ2) is 9.95. The summed E-state index contributed by atoms with van der Waals surface area (Å²) in [6, 6.07) is 0. The summed E-state index contributed by atoms with van der Waals surface area (Å²) < 4.78 is 175. The summed E-state index contributed by atoms with van der Waals surface area (Å²) in [4.78, 5) is 21.6. The van der Waals surface area contributed by atoms with Gasteiger partial charge in [0.25, 0.3) is 0 Å². The summed E-state index contributed by atoms with van der Waals surface area (Å²) in [6.45, 7) is 1.38. The number of unbranched alkanes of at least 4 members (excludes halogenated alkanes) is 1.